The molecule has 2 aromatic rings. The van der Waals surface area contributed by atoms with Crippen LogP contribution in [0.5, 0.6) is 11.5 Å². The molecule has 1 amide bonds. The number of ether oxygens (including phenoxy) is 2. The van der Waals surface area contributed by atoms with Gasteiger partial charge in [0.05, 0.1) is 12.8 Å². The number of nitrogens with one attached hydrogen (secondary N) is 1. The second-order valence-electron chi connectivity index (χ2n) is 6.57. The van der Waals surface area contributed by atoms with E-state index in [1.165, 1.54) is 5.56 Å². The van der Waals surface area contributed by atoms with E-state index < -0.39 is 0 Å². The Kier molecular flexibility index (Phi) is 7.86. The number of carbonyl (C=O) groups excluding carboxylic acids is 1. The summed E-state index contributed by atoms with van der Waals surface area (Å²) in [5, 5.41) is 4.04. The summed E-state index contributed by atoms with van der Waals surface area (Å²) in [6, 6.07) is 11.4. The van der Waals surface area contributed by atoms with E-state index >= 15 is 0 Å². The van der Waals surface area contributed by atoms with Crippen molar-refractivity contribution in [3.63, 3.8) is 0 Å². The Morgan fingerprint density at radius 2 is 1.63 bits per heavy atom. The highest BCUT2D eigenvalue weighted by Crippen LogP contribution is 2.18. The minimum atomic E-state index is -0.308. The van der Waals surface area contributed by atoms with Crippen LogP contribution < -0.4 is 14.9 Å². The van der Waals surface area contributed by atoms with Crippen molar-refractivity contribution in [1.29, 1.82) is 0 Å². The molecule has 0 radical (unpaired) electrons. The van der Waals surface area contributed by atoms with Crippen molar-refractivity contribution in [1.82, 2.24) is 5.43 Å². The summed E-state index contributed by atoms with van der Waals surface area (Å²) in [5.41, 5.74) is 6.98. The first-order chi connectivity index (χ1) is 13.0. The van der Waals surface area contributed by atoms with E-state index in [1.807, 2.05) is 26.0 Å². The Labute approximate surface area is 161 Å². The standard InChI is InChI=1S/C22H28N2O3/c1-5-6-11-26-19-7-9-20(10-8-19)27-15-22(25)24-23-14-21-17(3)12-16(2)13-18(21)4/h7-10,12-14H,5-6,11,15H2,1-4H3,(H,24,25). The summed E-state index contributed by atoms with van der Waals surface area (Å²) in [6.45, 7) is 8.85. The van der Waals surface area contributed by atoms with E-state index in [2.05, 4.69) is 36.5 Å². The lowest BCUT2D eigenvalue weighted by molar-refractivity contribution is -0.123. The van der Waals surface area contributed by atoms with Crippen LogP contribution in [0.3, 0.4) is 0 Å². The molecule has 0 heterocycles. The van der Waals surface area contributed by atoms with Crippen molar-refractivity contribution < 1.29 is 14.3 Å². The van der Waals surface area contributed by atoms with E-state index in [0.717, 1.165) is 35.3 Å². The Balaban J connectivity index is 1.79. The average Bonchev–Trinajstić information content (AvgIpc) is 2.63. The first-order valence-corrected chi connectivity index (χ1v) is 9.25. The molecule has 0 atom stereocenters. The molecule has 0 aliphatic rings. The van der Waals surface area contributed by atoms with Gasteiger partial charge in [-0.1, -0.05) is 31.0 Å². The second-order valence-corrected chi connectivity index (χ2v) is 6.57. The molecule has 0 unspecified atom stereocenters. The monoisotopic (exact) mass is 368 g/mol. The predicted octanol–water partition coefficient (Wildman–Crippen LogP) is 4.32. The summed E-state index contributed by atoms with van der Waals surface area (Å²) in [5.74, 6) is 1.10. The van der Waals surface area contributed by atoms with Gasteiger partial charge in [0.1, 0.15) is 11.5 Å². The fraction of sp³-hybridized carbons (Fsp3) is 0.364. The highest BCUT2D eigenvalue weighted by molar-refractivity contribution is 5.85. The number of hydrazone groups is 1. The van der Waals surface area contributed by atoms with Crippen molar-refractivity contribution in [3.05, 3.63) is 58.7 Å². The average molecular weight is 368 g/mol. The lowest BCUT2D eigenvalue weighted by Crippen LogP contribution is -2.24. The fourth-order valence-electron chi connectivity index (χ4n) is 2.71. The quantitative estimate of drug-likeness (QED) is 0.407. The lowest BCUT2D eigenvalue weighted by atomic mass is 10.0. The molecule has 2 aromatic carbocycles. The highest BCUT2D eigenvalue weighted by atomic mass is 16.5. The van der Waals surface area contributed by atoms with Crippen LogP contribution in [0.15, 0.2) is 41.5 Å². The Hall–Kier alpha value is -2.82. The molecule has 0 fully saturated rings. The minimum absolute atomic E-state index is 0.0980. The van der Waals surface area contributed by atoms with Crippen LogP contribution in [0.4, 0.5) is 0 Å². The molecule has 144 valence electrons. The van der Waals surface area contributed by atoms with Crippen LogP contribution in [-0.4, -0.2) is 25.3 Å². The second kappa shape index (κ2) is 10.4. The maximum Gasteiger partial charge on any atom is 0.277 e. The van der Waals surface area contributed by atoms with Gasteiger partial charge in [-0.2, -0.15) is 5.10 Å². The van der Waals surface area contributed by atoms with Crippen LogP contribution in [0.2, 0.25) is 0 Å². The zero-order chi connectivity index (χ0) is 19.6. The number of rotatable bonds is 9. The van der Waals surface area contributed by atoms with Gasteiger partial charge < -0.3 is 9.47 Å². The molecule has 0 spiro atoms. The lowest BCUT2D eigenvalue weighted by Gasteiger charge is -2.08. The normalized spacial score (nSPS) is 10.8. The molecule has 0 saturated carbocycles. The molecule has 0 aromatic heterocycles. The Morgan fingerprint density at radius 1 is 1.04 bits per heavy atom. The number of nitrogens with zero attached hydrogens (tertiary/aromatic N) is 1. The van der Waals surface area contributed by atoms with Crippen molar-refractivity contribution >= 4 is 12.1 Å². The van der Waals surface area contributed by atoms with Gasteiger partial charge >= 0.3 is 0 Å². The van der Waals surface area contributed by atoms with Crippen molar-refractivity contribution in [2.24, 2.45) is 5.10 Å². The van der Waals surface area contributed by atoms with Gasteiger partial charge in [0, 0.05) is 5.56 Å². The van der Waals surface area contributed by atoms with Crippen LogP contribution in [0.25, 0.3) is 0 Å². The first kappa shape index (κ1) is 20.5. The fourth-order valence-corrected chi connectivity index (χ4v) is 2.71. The maximum absolute atomic E-state index is 11.9. The van der Waals surface area contributed by atoms with E-state index in [1.54, 1.807) is 18.3 Å². The van der Waals surface area contributed by atoms with Gasteiger partial charge in [-0.05, 0) is 62.6 Å². The Morgan fingerprint density at radius 3 is 2.22 bits per heavy atom. The smallest absolute Gasteiger partial charge is 0.277 e. The van der Waals surface area contributed by atoms with E-state index in [9.17, 15) is 4.79 Å². The molecular weight excluding hydrogens is 340 g/mol. The zero-order valence-electron chi connectivity index (χ0n) is 16.5. The van der Waals surface area contributed by atoms with Crippen molar-refractivity contribution in [2.75, 3.05) is 13.2 Å². The summed E-state index contributed by atoms with van der Waals surface area (Å²) in [7, 11) is 0. The van der Waals surface area contributed by atoms with Crippen molar-refractivity contribution in [3.8, 4) is 11.5 Å². The summed E-state index contributed by atoms with van der Waals surface area (Å²) in [6.07, 6.45) is 3.80. The van der Waals surface area contributed by atoms with Gasteiger partial charge in [0.15, 0.2) is 6.61 Å². The number of hydrogen-bond acceptors (Lipinski definition) is 4. The van der Waals surface area contributed by atoms with Gasteiger partial charge in [-0.25, -0.2) is 5.43 Å². The molecule has 27 heavy (non-hydrogen) atoms. The molecule has 5 nitrogen and oxygen atoms in total. The molecule has 2 rings (SSSR count). The molecule has 0 saturated heterocycles. The topological polar surface area (TPSA) is 59.9 Å². The summed E-state index contributed by atoms with van der Waals surface area (Å²) >= 11 is 0. The first-order valence-electron chi connectivity index (χ1n) is 9.25. The van der Waals surface area contributed by atoms with Crippen LogP contribution in [0, 0.1) is 20.8 Å². The zero-order valence-corrected chi connectivity index (χ0v) is 16.5. The third kappa shape index (κ3) is 6.77. The molecule has 0 aliphatic carbocycles. The number of amides is 1. The molecule has 0 aliphatic heterocycles. The van der Waals surface area contributed by atoms with Gasteiger partial charge in [-0.3, -0.25) is 4.79 Å². The van der Waals surface area contributed by atoms with Crippen LogP contribution >= 0.6 is 0 Å². The number of aryl methyl sites for hydroxylation is 3. The predicted molar refractivity (Wildman–Crippen MR) is 109 cm³/mol. The van der Waals surface area contributed by atoms with Crippen LogP contribution in [0.1, 0.15) is 42.0 Å². The number of unbranched alkanes of at least 4 members (excludes halogenated alkanes) is 1. The third-order valence-corrected chi connectivity index (χ3v) is 4.08. The van der Waals surface area contributed by atoms with Crippen LogP contribution in [-0.2, 0) is 4.79 Å². The van der Waals surface area contributed by atoms with Gasteiger partial charge in [-0.15, -0.1) is 0 Å². The van der Waals surface area contributed by atoms with Gasteiger partial charge in [0.25, 0.3) is 5.91 Å². The Bertz CT molecular complexity index is 760. The van der Waals surface area contributed by atoms with Crippen molar-refractivity contribution in [2.45, 2.75) is 40.5 Å². The van der Waals surface area contributed by atoms with Gasteiger partial charge in [0.2, 0.25) is 0 Å². The molecular formula is C22H28N2O3. The molecule has 0 bridgehead atoms. The highest BCUT2D eigenvalue weighted by Gasteiger charge is 2.04. The summed E-state index contributed by atoms with van der Waals surface area (Å²) in [4.78, 5) is 11.9. The van der Waals surface area contributed by atoms with E-state index in [-0.39, 0.29) is 12.5 Å². The number of hydrogen-bond donors (Lipinski definition) is 1. The van der Waals surface area contributed by atoms with E-state index in [4.69, 9.17) is 9.47 Å². The SMILES string of the molecule is CCCCOc1ccc(OCC(=O)NN=Cc2c(C)cc(C)cc2C)cc1. The summed E-state index contributed by atoms with van der Waals surface area (Å²) < 4.78 is 11.1. The number of benzene rings is 2. The maximum atomic E-state index is 11.9. The largest absolute Gasteiger partial charge is 0.494 e. The minimum Gasteiger partial charge on any atom is -0.494 e. The van der Waals surface area contributed by atoms with E-state index in [0.29, 0.717) is 12.4 Å². The number of carbonyl (C=O) groups is 1. The molecule has 1 N–H and O–H groups in total. The third-order valence-electron chi connectivity index (χ3n) is 4.08. The molecule has 5 heteroatoms.